The average Bonchev–Trinajstić information content (AvgIpc) is 3.35. The summed E-state index contributed by atoms with van der Waals surface area (Å²) in [5.41, 5.74) is 4.84. The van der Waals surface area contributed by atoms with Crippen LogP contribution >= 0.6 is 0 Å². The number of carbonyl (C=O) groups excluding carboxylic acids is 2. The lowest BCUT2D eigenvalue weighted by Crippen LogP contribution is -2.12. The number of fused-ring (bicyclic) bond motifs is 1. The summed E-state index contributed by atoms with van der Waals surface area (Å²) in [6, 6.07) is 12.5. The van der Waals surface area contributed by atoms with Gasteiger partial charge in [-0.1, -0.05) is 0 Å². The summed E-state index contributed by atoms with van der Waals surface area (Å²) in [4.78, 5) is 24.1. The lowest BCUT2D eigenvalue weighted by Gasteiger charge is -2.09. The highest BCUT2D eigenvalue weighted by Crippen LogP contribution is 2.34. The van der Waals surface area contributed by atoms with Gasteiger partial charge in [0, 0.05) is 29.4 Å². The van der Waals surface area contributed by atoms with Crippen molar-refractivity contribution in [3.63, 3.8) is 0 Å². The lowest BCUT2D eigenvalue weighted by atomic mass is 10.1. The zero-order valence-corrected chi connectivity index (χ0v) is 17.6. The highest BCUT2D eigenvalue weighted by atomic mass is 16.7. The molecule has 1 aliphatic heterocycles. The molecule has 4 rings (SSSR count). The van der Waals surface area contributed by atoms with E-state index in [-0.39, 0.29) is 18.7 Å². The van der Waals surface area contributed by atoms with Gasteiger partial charge in [0.25, 0.3) is 5.91 Å². The van der Waals surface area contributed by atoms with Crippen LogP contribution in [0.3, 0.4) is 0 Å². The van der Waals surface area contributed by atoms with Gasteiger partial charge in [-0.2, -0.15) is 5.10 Å². The molecule has 0 unspecified atom stereocenters. The van der Waals surface area contributed by atoms with E-state index in [4.69, 9.17) is 14.2 Å². The number of ether oxygens (including phenoxy) is 3. The summed E-state index contributed by atoms with van der Waals surface area (Å²) in [5.74, 6) is 0.806. The van der Waals surface area contributed by atoms with Crippen molar-refractivity contribution in [1.29, 1.82) is 0 Å². The molecule has 0 bridgehead atoms. The Kier molecular flexibility index (Phi) is 5.62. The van der Waals surface area contributed by atoms with Crippen molar-refractivity contribution in [3.05, 3.63) is 65.0 Å². The third-order valence-electron chi connectivity index (χ3n) is 5.25. The van der Waals surface area contributed by atoms with Crippen LogP contribution in [-0.2, 0) is 16.0 Å². The molecule has 160 valence electrons. The van der Waals surface area contributed by atoms with Crippen molar-refractivity contribution in [2.45, 2.75) is 26.7 Å². The quantitative estimate of drug-likeness (QED) is 0.612. The second-order valence-corrected chi connectivity index (χ2v) is 7.21. The number of benzene rings is 2. The van der Waals surface area contributed by atoms with Crippen molar-refractivity contribution in [1.82, 2.24) is 9.78 Å². The Morgan fingerprint density at radius 3 is 2.58 bits per heavy atom. The number of nitrogens with zero attached hydrogens (tertiary/aromatic N) is 2. The minimum atomic E-state index is -0.246. The fraction of sp³-hybridized carbons (Fsp3) is 0.261. The van der Waals surface area contributed by atoms with E-state index >= 15 is 0 Å². The molecular weight excluding hydrogens is 398 g/mol. The van der Waals surface area contributed by atoms with Crippen LogP contribution in [0.4, 0.5) is 5.69 Å². The van der Waals surface area contributed by atoms with Crippen LogP contribution in [0.5, 0.6) is 11.5 Å². The standard InChI is InChI=1S/C23H23N3O5/c1-14-19(9-11-22(27)29-3)15(2)26(25-14)18-7-4-16(5-8-18)23(28)24-17-6-10-20-21(12-17)31-13-30-20/h4-8,10,12H,9,11,13H2,1-3H3,(H,24,28). The predicted molar refractivity (Wildman–Crippen MR) is 114 cm³/mol. The number of amides is 1. The molecule has 31 heavy (non-hydrogen) atoms. The van der Waals surface area contributed by atoms with Gasteiger partial charge in [0.2, 0.25) is 6.79 Å². The second-order valence-electron chi connectivity index (χ2n) is 7.21. The Bertz CT molecular complexity index is 1130. The molecular formula is C23H23N3O5. The van der Waals surface area contributed by atoms with E-state index in [0.717, 1.165) is 22.6 Å². The SMILES string of the molecule is COC(=O)CCc1c(C)nn(-c2ccc(C(=O)Nc3ccc4c(c3)OCO4)cc2)c1C. The number of rotatable bonds is 6. The van der Waals surface area contributed by atoms with Crippen LogP contribution < -0.4 is 14.8 Å². The highest BCUT2D eigenvalue weighted by Gasteiger charge is 2.16. The van der Waals surface area contributed by atoms with Crippen LogP contribution in [0.15, 0.2) is 42.5 Å². The van der Waals surface area contributed by atoms with Gasteiger partial charge in [0.1, 0.15) is 0 Å². The van der Waals surface area contributed by atoms with Crippen LogP contribution in [0, 0.1) is 13.8 Å². The Balaban J connectivity index is 1.48. The van der Waals surface area contributed by atoms with Gasteiger partial charge in [-0.25, -0.2) is 4.68 Å². The van der Waals surface area contributed by atoms with Crippen LogP contribution in [0.2, 0.25) is 0 Å². The van der Waals surface area contributed by atoms with E-state index in [0.29, 0.717) is 35.6 Å². The summed E-state index contributed by atoms with van der Waals surface area (Å²) < 4.78 is 17.2. The maximum atomic E-state index is 12.6. The third kappa shape index (κ3) is 4.23. The minimum Gasteiger partial charge on any atom is -0.469 e. The van der Waals surface area contributed by atoms with Gasteiger partial charge in [-0.3, -0.25) is 9.59 Å². The lowest BCUT2D eigenvalue weighted by molar-refractivity contribution is -0.140. The Morgan fingerprint density at radius 1 is 1.10 bits per heavy atom. The molecule has 0 fully saturated rings. The first kappa shape index (κ1) is 20.5. The summed E-state index contributed by atoms with van der Waals surface area (Å²) in [6.45, 7) is 4.07. The molecule has 0 saturated heterocycles. The maximum absolute atomic E-state index is 12.6. The maximum Gasteiger partial charge on any atom is 0.305 e. The van der Waals surface area contributed by atoms with Crippen molar-refractivity contribution in [2.24, 2.45) is 0 Å². The zero-order chi connectivity index (χ0) is 22.0. The molecule has 1 aliphatic rings. The fourth-order valence-corrected chi connectivity index (χ4v) is 3.55. The van der Waals surface area contributed by atoms with E-state index in [2.05, 4.69) is 10.4 Å². The van der Waals surface area contributed by atoms with Crippen molar-refractivity contribution in [2.75, 3.05) is 19.2 Å². The molecule has 2 aromatic carbocycles. The normalized spacial score (nSPS) is 12.0. The molecule has 1 N–H and O–H groups in total. The summed E-state index contributed by atoms with van der Waals surface area (Å²) in [7, 11) is 1.38. The summed E-state index contributed by atoms with van der Waals surface area (Å²) in [5, 5.41) is 7.46. The number of carbonyl (C=O) groups is 2. The van der Waals surface area contributed by atoms with Crippen LogP contribution in [-0.4, -0.2) is 35.6 Å². The number of aryl methyl sites for hydroxylation is 1. The molecule has 8 heteroatoms. The van der Waals surface area contributed by atoms with E-state index in [1.807, 2.05) is 30.7 Å². The third-order valence-corrected chi connectivity index (χ3v) is 5.25. The Hall–Kier alpha value is -3.81. The van der Waals surface area contributed by atoms with E-state index in [1.54, 1.807) is 30.3 Å². The number of hydrogen-bond donors (Lipinski definition) is 1. The Morgan fingerprint density at radius 2 is 1.84 bits per heavy atom. The van der Waals surface area contributed by atoms with Crippen LogP contribution in [0.1, 0.15) is 33.7 Å². The van der Waals surface area contributed by atoms with Crippen molar-refractivity contribution < 1.29 is 23.8 Å². The molecule has 0 spiro atoms. The largest absolute Gasteiger partial charge is 0.469 e. The molecule has 3 aromatic rings. The van der Waals surface area contributed by atoms with E-state index in [1.165, 1.54) is 7.11 Å². The van der Waals surface area contributed by atoms with Gasteiger partial charge in [0.15, 0.2) is 11.5 Å². The van der Waals surface area contributed by atoms with E-state index in [9.17, 15) is 9.59 Å². The topological polar surface area (TPSA) is 91.7 Å². The van der Waals surface area contributed by atoms with Crippen molar-refractivity contribution >= 4 is 17.6 Å². The number of aromatic nitrogens is 2. The smallest absolute Gasteiger partial charge is 0.305 e. The number of hydrogen-bond acceptors (Lipinski definition) is 6. The van der Waals surface area contributed by atoms with Gasteiger partial charge < -0.3 is 19.5 Å². The second kappa shape index (κ2) is 8.51. The minimum absolute atomic E-state index is 0.185. The molecule has 0 aliphatic carbocycles. The zero-order valence-electron chi connectivity index (χ0n) is 17.6. The van der Waals surface area contributed by atoms with Gasteiger partial charge in [-0.15, -0.1) is 0 Å². The monoisotopic (exact) mass is 421 g/mol. The van der Waals surface area contributed by atoms with Gasteiger partial charge in [0.05, 0.1) is 18.5 Å². The highest BCUT2D eigenvalue weighted by molar-refractivity contribution is 6.04. The fourth-order valence-electron chi connectivity index (χ4n) is 3.55. The molecule has 0 radical (unpaired) electrons. The molecule has 0 atom stereocenters. The number of anilines is 1. The molecule has 2 heterocycles. The molecule has 8 nitrogen and oxygen atoms in total. The first-order valence-corrected chi connectivity index (χ1v) is 9.89. The Labute approximate surface area is 179 Å². The summed E-state index contributed by atoms with van der Waals surface area (Å²) >= 11 is 0. The van der Waals surface area contributed by atoms with Crippen molar-refractivity contribution in [3.8, 4) is 17.2 Å². The van der Waals surface area contributed by atoms with Gasteiger partial charge >= 0.3 is 5.97 Å². The summed E-state index contributed by atoms with van der Waals surface area (Å²) in [6.07, 6.45) is 0.878. The molecule has 0 saturated carbocycles. The van der Waals surface area contributed by atoms with Crippen LogP contribution in [0.25, 0.3) is 5.69 Å². The van der Waals surface area contributed by atoms with E-state index < -0.39 is 0 Å². The predicted octanol–water partition coefficient (Wildman–Crippen LogP) is 3.58. The number of methoxy groups -OCH3 is 1. The average molecular weight is 421 g/mol. The number of esters is 1. The first-order chi connectivity index (χ1) is 15.0. The van der Waals surface area contributed by atoms with Gasteiger partial charge in [-0.05, 0) is 62.2 Å². The number of nitrogens with one attached hydrogen (secondary N) is 1. The molecule has 1 aromatic heterocycles. The molecule has 1 amide bonds. The first-order valence-electron chi connectivity index (χ1n) is 9.89.